The second-order valence-electron chi connectivity index (χ2n) is 5.10. The molecule has 0 aliphatic heterocycles. The van der Waals surface area contributed by atoms with Crippen molar-refractivity contribution in [3.8, 4) is 0 Å². The molecule has 0 heterocycles. The van der Waals surface area contributed by atoms with Crippen LogP contribution in [-0.4, -0.2) is 12.6 Å². The summed E-state index contributed by atoms with van der Waals surface area (Å²) in [6, 6.07) is 16.2. The minimum absolute atomic E-state index is 0.341. The molecule has 0 aliphatic carbocycles. The minimum atomic E-state index is -0.341. The molecule has 0 radical (unpaired) electrons. The number of nitrogens with two attached hydrogens (primary N) is 1. The van der Waals surface area contributed by atoms with Crippen LogP contribution in [0.5, 0.6) is 0 Å². The van der Waals surface area contributed by atoms with Gasteiger partial charge in [-0.3, -0.25) is 0 Å². The summed E-state index contributed by atoms with van der Waals surface area (Å²) in [4.78, 5) is 12.7. The van der Waals surface area contributed by atoms with E-state index in [4.69, 9.17) is 10.5 Å². The topological polar surface area (TPSA) is 52.3 Å². The molecule has 3 nitrogen and oxygen atoms in total. The van der Waals surface area contributed by atoms with Gasteiger partial charge < -0.3 is 10.5 Å². The van der Waals surface area contributed by atoms with E-state index in [-0.39, 0.29) is 5.97 Å². The van der Waals surface area contributed by atoms with E-state index >= 15 is 0 Å². The van der Waals surface area contributed by atoms with Crippen LogP contribution < -0.4 is 5.73 Å². The first-order valence-corrected chi connectivity index (χ1v) is 8.50. The Morgan fingerprint density at radius 3 is 2.65 bits per heavy atom. The van der Waals surface area contributed by atoms with Crippen LogP contribution in [0.3, 0.4) is 0 Å². The molecule has 0 unspecified atom stereocenters. The number of ether oxygens (including phenoxy) is 1. The van der Waals surface area contributed by atoms with Gasteiger partial charge in [0.25, 0.3) is 0 Å². The van der Waals surface area contributed by atoms with Crippen LogP contribution >= 0.6 is 11.8 Å². The minimum Gasteiger partial charge on any atom is -0.463 e. The van der Waals surface area contributed by atoms with Gasteiger partial charge in [-0.1, -0.05) is 30.3 Å². The van der Waals surface area contributed by atoms with E-state index in [1.54, 1.807) is 18.7 Å². The molecule has 4 heteroatoms. The fourth-order valence-electron chi connectivity index (χ4n) is 2.15. The number of anilines is 1. The second-order valence-corrected chi connectivity index (χ2v) is 6.15. The van der Waals surface area contributed by atoms with Crippen LogP contribution in [0.1, 0.15) is 25.0 Å². The Kier molecular flexibility index (Phi) is 6.29. The van der Waals surface area contributed by atoms with Gasteiger partial charge in [0.15, 0.2) is 0 Å². The Hall–Kier alpha value is -2.20. The lowest BCUT2D eigenvalue weighted by Crippen LogP contribution is -2.01. The van der Waals surface area contributed by atoms with E-state index in [0.717, 1.165) is 21.8 Å². The lowest BCUT2D eigenvalue weighted by molar-refractivity contribution is -0.137. The molecule has 2 aromatic rings. The van der Waals surface area contributed by atoms with Crippen molar-refractivity contribution in [3.05, 3.63) is 65.7 Å². The highest BCUT2D eigenvalue weighted by Gasteiger charge is 2.07. The highest BCUT2D eigenvalue weighted by molar-refractivity contribution is 7.98. The molecule has 120 valence electrons. The van der Waals surface area contributed by atoms with Gasteiger partial charge in [0.2, 0.25) is 0 Å². The first-order valence-electron chi connectivity index (χ1n) is 7.52. The summed E-state index contributed by atoms with van der Waals surface area (Å²) in [6.07, 6.45) is 1.49. The molecule has 0 atom stereocenters. The molecular weight excluding hydrogens is 306 g/mol. The summed E-state index contributed by atoms with van der Waals surface area (Å²) in [5.74, 6) is 0.553. The van der Waals surface area contributed by atoms with Crippen molar-refractivity contribution in [1.29, 1.82) is 0 Å². The van der Waals surface area contributed by atoms with Gasteiger partial charge in [0.05, 0.1) is 6.61 Å². The maximum Gasteiger partial charge on any atom is 0.331 e. The Labute approximate surface area is 141 Å². The van der Waals surface area contributed by atoms with Gasteiger partial charge in [0.1, 0.15) is 0 Å². The van der Waals surface area contributed by atoms with Crippen molar-refractivity contribution in [3.63, 3.8) is 0 Å². The van der Waals surface area contributed by atoms with E-state index in [0.29, 0.717) is 12.3 Å². The van der Waals surface area contributed by atoms with Crippen LogP contribution in [0.2, 0.25) is 0 Å². The Bertz CT molecular complexity index is 696. The number of rotatable bonds is 6. The fraction of sp³-hybridized carbons (Fsp3) is 0.211. The van der Waals surface area contributed by atoms with Crippen molar-refractivity contribution in [2.45, 2.75) is 24.5 Å². The Morgan fingerprint density at radius 2 is 1.96 bits per heavy atom. The van der Waals surface area contributed by atoms with Gasteiger partial charge in [-0.25, -0.2) is 4.79 Å². The van der Waals surface area contributed by atoms with Gasteiger partial charge >= 0.3 is 5.97 Å². The number of carbonyl (C=O) groups excluding carboxylic acids is 1. The average Bonchev–Trinajstić information content (AvgIpc) is 2.55. The number of nitrogen functional groups attached to an aromatic ring is 1. The molecule has 0 bridgehead atoms. The largest absolute Gasteiger partial charge is 0.463 e. The van der Waals surface area contributed by atoms with Crippen molar-refractivity contribution >= 4 is 29.0 Å². The number of allylic oxidation sites excluding steroid dienone is 1. The molecule has 0 saturated carbocycles. The van der Waals surface area contributed by atoms with Crippen molar-refractivity contribution in [2.75, 3.05) is 12.3 Å². The third-order valence-electron chi connectivity index (χ3n) is 3.32. The zero-order valence-corrected chi connectivity index (χ0v) is 14.2. The Balaban J connectivity index is 2.13. The SMILES string of the molecule is CCOC(=O)C=C(C)c1cc(SCc2ccccc2)ccc1N. The summed E-state index contributed by atoms with van der Waals surface area (Å²) in [5, 5.41) is 0. The third kappa shape index (κ3) is 5.18. The second kappa shape index (κ2) is 8.44. The standard InChI is InChI=1S/C19H21NO2S/c1-3-22-19(21)11-14(2)17-12-16(9-10-18(17)20)23-13-15-7-5-4-6-8-15/h4-12H,3,13,20H2,1-2H3. The quantitative estimate of drug-likeness (QED) is 0.366. The maximum absolute atomic E-state index is 11.6. The molecule has 0 aliphatic rings. The molecular formula is C19H21NO2S. The molecule has 2 aromatic carbocycles. The lowest BCUT2D eigenvalue weighted by Gasteiger charge is -2.09. The van der Waals surface area contributed by atoms with Gasteiger partial charge in [-0.05, 0) is 43.2 Å². The van der Waals surface area contributed by atoms with Crippen LogP contribution in [0.15, 0.2) is 59.5 Å². The fourth-order valence-corrected chi connectivity index (χ4v) is 3.04. The van der Waals surface area contributed by atoms with Crippen molar-refractivity contribution < 1.29 is 9.53 Å². The summed E-state index contributed by atoms with van der Waals surface area (Å²) < 4.78 is 4.95. The first kappa shape index (κ1) is 17.2. The number of esters is 1. The molecule has 2 N–H and O–H groups in total. The smallest absolute Gasteiger partial charge is 0.331 e. The van der Waals surface area contributed by atoms with Gasteiger partial charge in [-0.2, -0.15) is 0 Å². The molecule has 23 heavy (non-hydrogen) atoms. The average molecular weight is 327 g/mol. The van der Waals surface area contributed by atoms with E-state index in [2.05, 4.69) is 12.1 Å². The monoisotopic (exact) mass is 327 g/mol. The van der Waals surface area contributed by atoms with Crippen LogP contribution in [0.4, 0.5) is 5.69 Å². The molecule has 0 spiro atoms. The summed E-state index contributed by atoms with van der Waals surface area (Å²) in [7, 11) is 0. The first-order chi connectivity index (χ1) is 11.1. The van der Waals surface area contributed by atoms with Crippen LogP contribution in [0, 0.1) is 0 Å². The predicted molar refractivity (Wildman–Crippen MR) is 97.1 cm³/mol. The number of hydrogen-bond acceptors (Lipinski definition) is 4. The number of thioether (sulfide) groups is 1. The van der Waals surface area contributed by atoms with Crippen molar-refractivity contribution in [2.24, 2.45) is 0 Å². The predicted octanol–water partition coefficient (Wildman–Crippen LogP) is 4.53. The normalized spacial score (nSPS) is 11.3. The summed E-state index contributed by atoms with van der Waals surface area (Å²) in [6.45, 7) is 4.02. The van der Waals surface area contributed by atoms with E-state index < -0.39 is 0 Å². The molecule has 0 fully saturated rings. The number of hydrogen-bond donors (Lipinski definition) is 1. The maximum atomic E-state index is 11.6. The molecule has 2 rings (SSSR count). The number of carbonyl (C=O) groups is 1. The zero-order chi connectivity index (χ0) is 16.7. The summed E-state index contributed by atoms with van der Waals surface area (Å²) >= 11 is 1.74. The number of benzene rings is 2. The van der Waals surface area contributed by atoms with Gasteiger partial charge in [-0.15, -0.1) is 11.8 Å². The summed E-state index contributed by atoms with van der Waals surface area (Å²) in [5.41, 5.74) is 9.66. The van der Waals surface area contributed by atoms with Crippen molar-refractivity contribution in [1.82, 2.24) is 0 Å². The molecule has 0 saturated heterocycles. The molecule has 0 amide bonds. The van der Waals surface area contributed by atoms with E-state index in [1.165, 1.54) is 11.6 Å². The van der Waals surface area contributed by atoms with Gasteiger partial charge in [0, 0.05) is 28.0 Å². The lowest BCUT2D eigenvalue weighted by atomic mass is 10.1. The van der Waals surface area contributed by atoms with E-state index in [9.17, 15) is 4.79 Å². The van der Waals surface area contributed by atoms with E-state index in [1.807, 2.05) is 43.3 Å². The molecule has 0 aromatic heterocycles. The van der Waals surface area contributed by atoms with Crippen LogP contribution in [-0.2, 0) is 15.3 Å². The van der Waals surface area contributed by atoms with Crippen LogP contribution in [0.25, 0.3) is 5.57 Å². The highest BCUT2D eigenvalue weighted by Crippen LogP contribution is 2.29. The third-order valence-corrected chi connectivity index (χ3v) is 4.38. The Morgan fingerprint density at radius 1 is 1.22 bits per heavy atom. The highest BCUT2D eigenvalue weighted by atomic mass is 32.2. The zero-order valence-electron chi connectivity index (χ0n) is 13.4.